The smallest absolute Gasteiger partial charge is 0.224 e. The topological polar surface area (TPSA) is 65.8 Å². The first-order valence-electron chi connectivity index (χ1n) is 15.7. The van der Waals surface area contributed by atoms with Crippen LogP contribution in [0.3, 0.4) is 0 Å². The number of aromatic nitrogens is 3. The lowest BCUT2D eigenvalue weighted by Gasteiger charge is -2.26. The first-order chi connectivity index (χ1) is 20.9. The van der Waals surface area contributed by atoms with Crippen molar-refractivity contribution in [2.24, 2.45) is 5.92 Å². The molecule has 7 nitrogen and oxygen atoms in total. The number of nitrogens with one attached hydrogen (secondary N) is 1. The van der Waals surface area contributed by atoms with Crippen molar-refractivity contribution >= 4 is 23.1 Å². The molecular formula is C36H48N6O. The van der Waals surface area contributed by atoms with Gasteiger partial charge in [-0.1, -0.05) is 68.9 Å². The molecule has 2 aromatic heterocycles. The molecule has 1 aromatic carbocycles. The van der Waals surface area contributed by atoms with Crippen LogP contribution in [0.15, 0.2) is 90.0 Å². The van der Waals surface area contributed by atoms with E-state index in [9.17, 15) is 4.79 Å². The Hall–Kier alpha value is -4.13. The van der Waals surface area contributed by atoms with Gasteiger partial charge >= 0.3 is 0 Å². The SMILES string of the molecule is C/C=C1/C=CC=C/C(=C(/CC)C(C)CCN(CCC)C(=O)CCNc2c(-c3ccc(N(C)C)cc3)nc3cnccn23)C1. The maximum absolute atomic E-state index is 13.5. The zero-order chi connectivity index (χ0) is 30.8. The Morgan fingerprint density at radius 2 is 1.88 bits per heavy atom. The normalized spacial score (nSPS) is 15.9. The van der Waals surface area contributed by atoms with Gasteiger partial charge in [0.15, 0.2) is 5.65 Å². The molecule has 0 aliphatic heterocycles. The molecule has 3 aromatic rings. The van der Waals surface area contributed by atoms with Gasteiger partial charge in [-0.3, -0.25) is 14.2 Å². The summed E-state index contributed by atoms with van der Waals surface area (Å²) in [4.78, 5) is 26.7. The van der Waals surface area contributed by atoms with Crippen molar-refractivity contribution in [1.29, 1.82) is 0 Å². The third-order valence-corrected chi connectivity index (χ3v) is 8.27. The standard InChI is InChI=1S/C36H48N6O/c1-7-22-41(23-19-27(4)32(9-3)30-13-11-10-12-28(8-2)25-30)34(43)18-20-38-36-35(39-33-26-37-21-24-42(33)36)29-14-16-31(17-15-29)40(5)6/h8,10-17,21,24,26-27,38H,7,9,18-20,22-23,25H2,1-6H3/b28-8-,32-30+. The Kier molecular flexibility index (Phi) is 11.4. The van der Waals surface area contributed by atoms with Crippen molar-refractivity contribution in [2.45, 2.75) is 59.8 Å². The molecule has 1 atom stereocenters. The molecule has 0 saturated carbocycles. The van der Waals surface area contributed by atoms with Crippen molar-refractivity contribution in [1.82, 2.24) is 19.3 Å². The largest absolute Gasteiger partial charge is 0.378 e. The molecule has 7 heteroatoms. The van der Waals surface area contributed by atoms with E-state index in [0.29, 0.717) is 18.9 Å². The molecule has 0 spiro atoms. The highest BCUT2D eigenvalue weighted by molar-refractivity contribution is 5.79. The maximum atomic E-state index is 13.5. The first kappa shape index (κ1) is 31.8. The van der Waals surface area contributed by atoms with Crippen LogP contribution in [-0.2, 0) is 4.79 Å². The lowest BCUT2D eigenvalue weighted by molar-refractivity contribution is -0.131. The Morgan fingerprint density at radius 3 is 2.58 bits per heavy atom. The average Bonchev–Trinajstić information content (AvgIpc) is 3.21. The molecule has 1 amide bonds. The van der Waals surface area contributed by atoms with Gasteiger partial charge in [0.1, 0.15) is 11.5 Å². The fourth-order valence-electron chi connectivity index (χ4n) is 5.79. The van der Waals surface area contributed by atoms with Crippen LogP contribution >= 0.6 is 0 Å². The second-order valence-corrected chi connectivity index (χ2v) is 11.5. The van der Waals surface area contributed by atoms with Gasteiger partial charge < -0.3 is 15.1 Å². The second kappa shape index (κ2) is 15.4. The van der Waals surface area contributed by atoms with Gasteiger partial charge in [-0.2, -0.15) is 0 Å². The molecule has 0 radical (unpaired) electrons. The molecule has 228 valence electrons. The average molecular weight is 581 g/mol. The fraction of sp³-hybridized carbons (Fsp3) is 0.417. The summed E-state index contributed by atoms with van der Waals surface area (Å²) in [5, 5.41) is 3.54. The van der Waals surface area contributed by atoms with E-state index in [0.717, 1.165) is 67.2 Å². The van der Waals surface area contributed by atoms with E-state index >= 15 is 0 Å². The van der Waals surface area contributed by atoms with Gasteiger partial charge in [0.2, 0.25) is 5.91 Å². The number of allylic oxidation sites excluding steroid dienone is 8. The summed E-state index contributed by atoms with van der Waals surface area (Å²) in [5.41, 5.74) is 8.04. The highest BCUT2D eigenvalue weighted by Gasteiger charge is 2.19. The molecular weight excluding hydrogens is 532 g/mol. The number of carbonyl (C=O) groups is 1. The van der Waals surface area contributed by atoms with Crippen molar-refractivity contribution in [3.63, 3.8) is 0 Å². The number of amides is 1. The van der Waals surface area contributed by atoms with Crippen LogP contribution in [-0.4, -0.2) is 58.9 Å². The van der Waals surface area contributed by atoms with E-state index in [-0.39, 0.29) is 5.91 Å². The zero-order valence-electron chi connectivity index (χ0n) is 26.8. The molecule has 0 fully saturated rings. The van der Waals surface area contributed by atoms with Gasteiger partial charge in [-0.15, -0.1) is 0 Å². The molecule has 43 heavy (non-hydrogen) atoms. The van der Waals surface area contributed by atoms with E-state index in [1.807, 2.05) is 24.7 Å². The van der Waals surface area contributed by atoms with E-state index < -0.39 is 0 Å². The molecule has 0 bridgehead atoms. The van der Waals surface area contributed by atoms with Crippen LogP contribution in [0, 0.1) is 5.92 Å². The minimum Gasteiger partial charge on any atom is -0.378 e. The number of hydrogen-bond donors (Lipinski definition) is 1. The predicted molar refractivity (Wildman–Crippen MR) is 180 cm³/mol. The minimum atomic E-state index is 0.189. The van der Waals surface area contributed by atoms with Crippen LogP contribution in [0.1, 0.15) is 59.8 Å². The number of nitrogens with zero attached hydrogens (tertiary/aromatic N) is 5. The number of carbonyl (C=O) groups excluding carboxylic acids is 1. The maximum Gasteiger partial charge on any atom is 0.224 e. The Morgan fingerprint density at radius 1 is 1.12 bits per heavy atom. The molecule has 1 unspecified atom stereocenters. The number of imidazole rings is 1. The van der Waals surface area contributed by atoms with Crippen molar-refractivity contribution in [3.05, 3.63) is 90.0 Å². The molecule has 0 saturated heterocycles. The number of fused-ring (bicyclic) bond motifs is 1. The van der Waals surface area contributed by atoms with Crippen LogP contribution in [0.4, 0.5) is 11.5 Å². The van der Waals surface area contributed by atoms with Crippen molar-refractivity contribution in [2.75, 3.05) is 43.9 Å². The van der Waals surface area contributed by atoms with Gasteiger partial charge in [0.05, 0.1) is 6.20 Å². The van der Waals surface area contributed by atoms with Crippen molar-refractivity contribution < 1.29 is 4.79 Å². The number of benzene rings is 1. The van der Waals surface area contributed by atoms with Crippen LogP contribution in [0.2, 0.25) is 0 Å². The highest BCUT2D eigenvalue weighted by Crippen LogP contribution is 2.31. The zero-order valence-corrected chi connectivity index (χ0v) is 26.8. The van der Waals surface area contributed by atoms with Gasteiger partial charge in [0.25, 0.3) is 0 Å². The van der Waals surface area contributed by atoms with Gasteiger partial charge in [-0.25, -0.2) is 4.98 Å². The third kappa shape index (κ3) is 8.04. The van der Waals surface area contributed by atoms with E-state index in [2.05, 4.69) is 102 Å². The van der Waals surface area contributed by atoms with E-state index in [1.54, 1.807) is 12.4 Å². The third-order valence-electron chi connectivity index (χ3n) is 8.27. The van der Waals surface area contributed by atoms with Crippen molar-refractivity contribution in [3.8, 4) is 11.3 Å². The summed E-state index contributed by atoms with van der Waals surface area (Å²) >= 11 is 0. The summed E-state index contributed by atoms with van der Waals surface area (Å²) in [6, 6.07) is 8.37. The highest BCUT2D eigenvalue weighted by atomic mass is 16.2. The minimum absolute atomic E-state index is 0.189. The Labute approximate surface area is 257 Å². The number of rotatable bonds is 13. The second-order valence-electron chi connectivity index (χ2n) is 11.5. The molecule has 1 N–H and O–H groups in total. The molecule has 1 aliphatic carbocycles. The molecule has 2 heterocycles. The molecule has 1 aliphatic rings. The quantitative estimate of drug-likeness (QED) is 0.224. The van der Waals surface area contributed by atoms with Crippen LogP contribution in [0.25, 0.3) is 16.9 Å². The van der Waals surface area contributed by atoms with Crippen LogP contribution in [0.5, 0.6) is 0 Å². The fourth-order valence-corrected chi connectivity index (χ4v) is 5.79. The van der Waals surface area contributed by atoms with Gasteiger partial charge in [-0.05, 0) is 61.8 Å². The first-order valence-corrected chi connectivity index (χ1v) is 15.7. The number of hydrogen-bond acceptors (Lipinski definition) is 5. The predicted octanol–water partition coefficient (Wildman–Crippen LogP) is 7.70. The van der Waals surface area contributed by atoms with E-state index in [1.165, 1.54) is 16.7 Å². The summed E-state index contributed by atoms with van der Waals surface area (Å²) in [6.07, 6.45) is 20.7. The summed E-state index contributed by atoms with van der Waals surface area (Å²) in [7, 11) is 4.06. The lowest BCUT2D eigenvalue weighted by atomic mass is 9.88. The number of anilines is 2. The summed E-state index contributed by atoms with van der Waals surface area (Å²) in [6.45, 7) is 10.9. The Bertz CT molecular complexity index is 1490. The summed E-state index contributed by atoms with van der Waals surface area (Å²) < 4.78 is 2.01. The molecule has 4 rings (SSSR count). The lowest BCUT2D eigenvalue weighted by Crippen LogP contribution is -2.34. The van der Waals surface area contributed by atoms with Crippen LogP contribution < -0.4 is 10.2 Å². The monoisotopic (exact) mass is 580 g/mol. The Balaban J connectivity index is 1.42. The van der Waals surface area contributed by atoms with E-state index in [4.69, 9.17) is 4.98 Å². The summed E-state index contributed by atoms with van der Waals surface area (Å²) in [5.74, 6) is 1.48. The van der Waals surface area contributed by atoms with Gasteiger partial charge in [0, 0.05) is 63.8 Å².